The number of amides is 1. The van der Waals surface area contributed by atoms with Crippen LogP contribution in [0.5, 0.6) is 0 Å². The van der Waals surface area contributed by atoms with Crippen LogP contribution >= 0.6 is 0 Å². The van der Waals surface area contributed by atoms with E-state index in [1.807, 2.05) is 18.2 Å². The quantitative estimate of drug-likeness (QED) is 0.753. The smallest absolute Gasteiger partial charge is 0.254 e. The number of nitrogens with zero attached hydrogens (tertiary/aromatic N) is 3. The van der Waals surface area contributed by atoms with Crippen LogP contribution in [-0.4, -0.2) is 55.2 Å². The zero-order valence-electron chi connectivity index (χ0n) is 16.3. The van der Waals surface area contributed by atoms with Crippen molar-refractivity contribution in [2.24, 2.45) is 0 Å². The zero-order valence-corrected chi connectivity index (χ0v) is 16.3. The van der Waals surface area contributed by atoms with Crippen molar-refractivity contribution in [2.45, 2.75) is 31.7 Å². The molecule has 0 spiro atoms. The summed E-state index contributed by atoms with van der Waals surface area (Å²) in [5.41, 5.74) is 1.44. The van der Waals surface area contributed by atoms with Crippen LogP contribution in [0.4, 0.5) is 5.82 Å². The van der Waals surface area contributed by atoms with Crippen molar-refractivity contribution >= 4 is 11.7 Å². The van der Waals surface area contributed by atoms with Crippen molar-refractivity contribution < 1.29 is 9.53 Å². The fourth-order valence-electron chi connectivity index (χ4n) is 3.82. The van der Waals surface area contributed by atoms with E-state index in [2.05, 4.69) is 47.1 Å². The fraction of sp³-hybridized carbons (Fsp3) is 0.455. The van der Waals surface area contributed by atoms with E-state index in [0.717, 1.165) is 25.9 Å². The number of hydrogen-bond acceptors (Lipinski definition) is 4. The highest BCUT2D eigenvalue weighted by atomic mass is 16.5. The van der Waals surface area contributed by atoms with Crippen LogP contribution in [0.3, 0.4) is 0 Å². The van der Waals surface area contributed by atoms with Gasteiger partial charge in [-0.1, -0.05) is 36.4 Å². The highest BCUT2D eigenvalue weighted by Crippen LogP contribution is 2.28. The summed E-state index contributed by atoms with van der Waals surface area (Å²) in [6, 6.07) is 16.7. The first-order valence-corrected chi connectivity index (χ1v) is 9.68. The first kappa shape index (κ1) is 19.5. The number of methoxy groups -OCH3 is 1. The summed E-state index contributed by atoms with van der Waals surface area (Å²) in [6.45, 7) is 4.98. The summed E-state index contributed by atoms with van der Waals surface area (Å²) in [5.74, 6) is 1.27. The first-order valence-electron chi connectivity index (χ1n) is 9.68. The minimum absolute atomic E-state index is 0.0535. The van der Waals surface area contributed by atoms with Gasteiger partial charge in [0.25, 0.3) is 5.91 Å². The first-order chi connectivity index (χ1) is 13.2. The SMILES string of the molecule is COCC(=O)N(CC(C)N1CCC(c2ccccc2)CC1)c1ccccn1. The highest BCUT2D eigenvalue weighted by Gasteiger charge is 2.27. The highest BCUT2D eigenvalue weighted by molar-refractivity contribution is 5.93. The monoisotopic (exact) mass is 367 g/mol. The topological polar surface area (TPSA) is 45.7 Å². The molecule has 1 aromatic carbocycles. The molecule has 1 unspecified atom stereocenters. The van der Waals surface area contributed by atoms with Crippen molar-refractivity contribution in [1.82, 2.24) is 9.88 Å². The summed E-state index contributed by atoms with van der Waals surface area (Å²) in [6.07, 6.45) is 4.03. The van der Waals surface area contributed by atoms with Gasteiger partial charge < -0.3 is 4.74 Å². The summed E-state index contributed by atoms with van der Waals surface area (Å²) in [5, 5.41) is 0. The average Bonchev–Trinajstić information content (AvgIpc) is 2.73. The predicted octanol–water partition coefficient (Wildman–Crippen LogP) is 3.33. The van der Waals surface area contributed by atoms with Crippen LogP contribution in [0.2, 0.25) is 0 Å². The van der Waals surface area contributed by atoms with E-state index < -0.39 is 0 Å². The predicted molar refractivity (Wildman–Crippen MR) is 108 cm³/mol. The van der Waals surface area contributed by atoms with E-state index in [1.165, 1.54) is 5.56 Å². The number of hydrogen-bond donors (Lipinski definition) is 0. The standard InChI is InChI=1S/C22H29N3O2/c1-18(16-25(22(26)17-27-2)21-10-6-7-13-23-21)24-14-11-20(12-15-24)19-8-4-3-5-9-19/h3-10,13,18,20H,11-12,14-17H2,1-2H3. The van der Waals surface area contributed by atoms with Crippen LogP contribution in [0, 0.1) is 0 Å². The number of anilines is 1. The molecular weight excluding hydrogens is 338 g/mol. The Morgan fingerprint density at radius 2 is 1.89 bits per heavy atom. The van der Waals surface area contributed by atoms with E-state index >= 15 is 0 Å². The molecule has 2 heterocycles. The number of pyridine rings is 1. The molecule has 0 bridgehead atoms. The molecule has 2 aromatic rings. The van der Waals surface area contributed by atoms with E-state index in [1.54, 1.807) is 18.2 Å². The molecule has 1 atom stereocenters. The molecule has 1 aliphatic heterocycles. The lowest BCUT2D eigenvalue weighted by Crippen LogP contribution is -2.48. The van der Waals surface area contributed by atoms with E-state index in [9.17, 15) is 4.79 Å². The molecule has 1 aromatic heterocycles. The average molecular weight is 367 g/mol. The van der Waals surface area contributed by atoms with E-state index in [0.29, 0.717) is 18.3 Å². The maximum Gasteiger partial charge on any atom is 0.254 e. The van der Waals surface area contributed by atoms with Gasteiger partial charge in [0.2, 0.25) is 0 Å². The van der Waals surface area contributed by atoms with Gasteiger partial charge in [-0.05, 0) is 56.5 Å². The number of benzene rings is 1. The van der Waals surface area contributed by atoms with Crippen LogP contribution < -0.4 is 4.90 Å². The van der Waals surface area contributed by atoms with Crippen molar-refractivity contribution in [2.75, 3.05) is 38.3 Å². The molecule has 0 radical (unpaired) electrons. The Hall–Kier alpha value is -2.24. The normalized spacial score (nSPS) is 16.8. The number of ether oxygens (including phenoxy) is 1. The molecule has 144 valence electrons. The second-order valence-corrected chi connectivity index (χ2v) is 7.20. The van der Waals surface area contributed by atoms with Gasteiger partial charge in [-0.15, -0.1) is 0 Å². The van der Waals surface area contributed by atoms with Gasteiger partial charge >= 0.3 is 0 Å². The van der Waals surface area contributed by atoms with Gasteiger partial charge in [0.1, 0.15) is 12.4 Å². The van der Waals surface area contributed by atoms with Gasteiger partial charge in [0.05, 0.1) is 0 Å². The minimum atomic E-state index is -0.0535. The Balaban J connectivity index is 1.61. The molecule has 0 N–H and O–H groups in total. The Morgan fingerprint density at radius 1 is 1.19 bits per heavy atom. The molecule has 5 nitrogen and oxygen atoms in total. The number of carbonyl (C=O) groups is 1. The summed E-state index contributed by atoms with van der Waals surface area (Å²) >= 11 is 0. The number of aromatic nitrogens is 1. The molecular formula is C22H29N3O2. The third-order valence-electron chi connectivity index (χ3n) is 5.37. The Labute approximate surface area is 162 Å². The lowest BCUT2D eigenvalue weighted by Gasteiger charge is -2.38. The summed E-state index contributed by atoms with van der Waals surface area (Å²) in [4.78, 5) is 21.1. The number of rotatable bonds is 7. The molecule has 1 amide bonds. The van der Waals surface area contributed by atoms with E-state index in [4.69, 9.17) is 4.74 Å². The molecule has 27 heavy (non-hydrogen) atoms. The van der Waals surface area contributed by atoms with Gasteiger partial charge in [0.15, 0.2) is 0 Å². The largest absolute Gasteiger partial charge is 0.375 e. The van der Waals surface area contributed by atoms with E-state index in [-0.39, 0.29) is 18.6 Å². The zero-order chi connectivity index (χ0) is 19.1. The lowest BCUT2D eigenvalue weighted by molar-refractivity contribution is -0.122. The van der Waals surface area contributed by atoms with Crippen LogP contribution in [0.25, 0.3) is 0 Å². The van der Waals surface area contributed by atoms with Crippen molar-refractivity contribution in [3.05, 3.63) is 60.3 Å². The maximum atomic E-state index is 12.5. The Kier molecular flexibility index (Phi) is 6.96. The van der Waals surface area contributed by atoms with Crippen LogP contribution in [0.15, 0.2) is 54.7 Å². The van der Waals surface area contributed by atoms with Crippen molar-refractivity contribution in [3.63, 3.8) is 0 Å². The lowest BCUT2D eigenvalue weighted by atomic mass is 9.89. The number of piperidine rings is 1. The third-order valence-corrected chi connectivity index (χ3v) is 5.37. The molecule has 0 aliphatic carbocycles. The Morgan fingerprint density at radius 3 is 2.52 bits per heavy atom. The van der Waals surface area contributed by atoms with Crippen molar-refractivity contribution in [3.8, 4) is 0 Å². The van der Waals surface area contributed by atoms with Crippen LogP contribution in [0.1, 0.15) is 31.2 Å². The van der Waals surface area contributed by atoms with Gasteiger partial charge in [-0.3, -0.25) is 14.6 Å². The summed E-state index contributed by atoms with van der Waals surface area (Å²) < 4.78 is 5.06. The second kappa shape index (κ2) is 9.62. The molecule has 1 fully saturated rings. The maximum absolute atomic E-state index is 12.5. The molecule has 5 heteroatoms. The van der Waals surface area contributed by atoms with Crippen LogP contribution in [-0.2, 0) is 9.53 Å². The van der Waals surface area contributed by atoms with Gasteiger partial charge in [0, 0.05) is 25.9 Å². The Bertz CT molecular complexity index is 700. The van der Waals surface area contributed by atoms with Gasteiger partial charge in [-0.2, -0.15) is 0 Å². The second-order valence-electron chi connectivity index (χ2n) is 7.20. The summed E-state index contributed by atoms with van der Waals surface area (Å²) in [7, 11) is 1.55. The van der Waals surface area contributed by atoms with Crippen molar-refractivity contribution in [1.29, 1.82) is 0 Å². The third kappa shape index (κ3) is 5.15. The molecule has 0 saturated carbocycles. The van der Waals surface area contributed by atoms with Gasteiger partial charge in [-0.25, -0.2) is 4.98 Å². The fourth-order valence-corrected chi connectivity index (χ4v) is 3.82. The number of carbonyl (C=O) groups excluding carboxylic acids is 1. The molecule has 1 aliphatic rings. The molecule has 3 rings (SSSR count). The minimum Gasteiger partial charge on any atom is -0.375 e. The number of likely N-dealkylation sites (tertiary alicyclic amines) is 1. The molecule has 1 saturated heterocycles.